The Morgan fingerprint density at radius 3 is 2.39 bits per heavy atom. The molecular formula is C27H31NO3. The Hall–Kier alpha value is -2.98. The summed E-state index contributed by atoms with van der Waals surface area (Å²) in [4.78, 5) is 2.35. The highest BCUT2D eigenvalue weighted by atomic mass is 16.5. The summed E-state index contributed by atoms with van der Waals surface area (Å²) in [6, 6.07) is 24.4. The fraction of sp³-hybridized carbons (Fsp3) is 0.333. The van der Waals surface area contributed by atoms with Crippen molar-refractivity contribution in [3.8, 4) is 17.2 Å². The lowest BCUT2D eigenvalue weighted by atomic mass is 9.76. The first-order valence-electron chi connectivity index (χ1n) is 11.1. The van der Waals surface area contributed by atoms with Crippen molar-refractivity contribution in [2.24, 2.45) is 0 Å². The Kier molecular flexibility index (Phi) is 6.78. The summed E-state index contributed by atoms with van der Waals surface area (Å²) < 4.78 is 12.0. The molecule has 0 radical (unpaired) electrons. The molecule has 4 heteroatoms. The first-order valence-corrected chi connectivity index (χ1v) is 11.1. The van der Waals surface area contributed by atoms with Crippen molar-refractivity contribution < 1.29 is 14.6 Å². The third kappa shape index (κ3) is 4.86. The summed E-state index contributed by atoms with van der Waals surface area (Å²) in [5, 5.41) is 9.92. The van der Waals surface area contributed by atoms with Gasteiger partial charge in [0.2, 0.25) is 0 Å². The lowest BCUT2D eigenvalue weighted by Gasteiger charge is -2.34. The number of ether oxygens (including phenoxy) is 2. The standard InChI is InChI=1S/C27H31NO3/c1-3-28(4-2)16-17-30-23-13-10-21(11-14-23)27-24-15-12-22(29)18-26(24)31-19-25(27)20-8-6-5-7-9-20/h5-15,18,25,27,29H,3-4,16-17,19H2,1-2H3/t25-,27-/m1/s1. The van der Waals surface area contributed by atoms with E-state index >= 15 is 0 Å². The third-order valence-corrected chi connectivity index (χ3v) is 6.19. The van der Waals surface area contributed by atoms with Crippen LogP contribution in [0.4, 0.5) is 0 Å². The van der Waals surface area contributed by atoms with Crippen LogP contribution in [-0.4, -0.2) is 42.9 Å². The average molecular weight is 418 g/mol. The minimum Gasteiger partial charge on any atom is -0.508 e. The number of rotatable bonds is 8. The largest absolute Gasteiger partial charge is 0.508 e. The molecule has 3 aromatic carbocycles. The lowest BCUT2D eigenvalue weighted by molar-refractivity contribution is 0.222. The fourth-order valence-corrected chi connectivity index (χ4v) is 4.40. The highest BCUT2D eigenvalue weighted by Crippen LogP contribution is 2.47. The van der Waals surface area contributed by atoms with Gasteiger partial charge in [-0.1, -0.05) is 62.4 Å². The molecule has 31 heavy (non-hydrogen) atoms. The number of hydrogen-bond donors (Lipinski definition) is 1. The van der Waals surface area contributed by atoms with Crippen LogP contribution in [0.15, 0.2) is 72.8 Å². The Morgan fingerprint density at radius 1 is 0.935 bits per heavy atom. The van der Waals surface area contributed by atoms with E-state index in [1.165, 1.54) is 11.1 Å². The molecular weight excluding hydrogens is 386 g/mol. The van der Waals surface area contributed by atoms with Crippen LogP contribution in [0.1, 0.15) is 42.4 Å². The number of fused-ring (bicyclic) bond motifs is 1. The molecule has 0 saturated carbocycles. The number of phenolic OH excluding ortho intramolecular Hbond substituents is 1. The summed E-state index contributed by atoms with van der Waals surface area (Å²) >= 11 is 0. The summed E-state index contributed by atoms with van der Waals surface area (Å²) in [7, 11) is 0. The van der Waals surface area contributed by atoms with E-state index in [2.05, 4.69) is 67.3 Å². The average Bonchev–Trinajstić information content (AvgIpc) is 2.82. The van der Waals surface area contributed by atoms with E-state index in [4.69, 9.17) is 9.47 Å². The van der Waals surface area contributed by atoms with Crippen LogP contribution in [-0.2, 0) is 0 Å². The molecule has 3 aromatic rings. The van der Waals surface area contributed by atoms with Gasteiger partial charge in [0.25, 0.3) is 0 Å². The van der Waals surface area contributed by atoms with E-state index in [9.17, 15) is 5.11 Å². The van der Waals surface area contributed by atoms with Crippen molar-refractivity contribution in [1.29, 1.82) is 0 Å². The first kappa shape index (κ1) is 21.3. The van der Waals surface area contributed by atoms with Crippen LogP contribution in [0.25, 0.3) is 0 Å². The van der Waals surface area contributed by atoms with Crippen molar-refractivity contribution >= 4 is 0 Å². The number of likely N-dealkylation sites (N-methyl/N-ethyl adjacent to an activating group) is 1. The Labute approximate surface area is 185 Å². The highest BCUT2D eigenvalue weighted by molar-refractivity contribution is 5.50. The molecule has 1 aliphatic rings. The molecule has 0 spiro atoms. The van der Waals surface area contributed by atoms with Gasteiger partial charge in [-0.15, -0.1) is 0 Å². The quantitative estimate of drug-likeness (QED) is 0.531. The molecule has 0 amide bonds. The minimum atomic E-state index is 0.150. The van der Waals surface area contributed by atoms with Crippen LogP contribution in [0.5, 0.6) is 17.2 Å². The number of hydrogen-bond acceptors (Lipinski definition) is 4. The predicted molar refractivity (Wildman–Crippen MR) is 124 cm³/mol. The molecule has 0 saturated heterocycles. The molecule has 1 heterocycles. The molecule has 1 aliphatic heterocycles. The summed E-state index contributed by atoms with van der Waals surface area (Å²) in [5.74, 6) is 2.23. The van der Waals surface area contributed by atoms with Crippen molar-refractivity contribution in [3.05, 3.63) is 89.5 Å². The fourth-order valence-electron chi connectivity index (χ4n) is 4.40. The van der Waals surface area contributed by atoms with Crippen LogP contribution in [0.2, 0.25) is 0 Å². The zero-order valence-electron chi connectivity index (χ0n) is 18.3. The Morgan fingerprint density at radius 2 is 1.68 bits per heavy atom. The first-order chi connectivity index (χ1) is 15.2. The van der Waals surface area contributed by atoms with Crippen molar-refractivity contribution in [2.75, 3.05) is 32.8 Å². The van der Waals surface area contributed by atoms with Crippen molar-refractivity contribution in [1.82, 2.24) is 4.90 Å². The highest BCUT2D eigenvalue weighted by Gasteiger charge is 2.33. The molecule has 1 N–H and O–H groups in total. The van der Waals surface area contributed by atoms with Gasteiger partial charge in [0.05, 0.1) is 6.61 Å². The topological polar surface area (TPSA) is 41.9 Å². The Bertz CT molecular complexity index is 968. The lowest BCUT2D eigenvalue weighted by Crippen LogP contribution is -2.27. The van der Waals surface area contributed by atoms with Gasteiger partial charge >= 0.3 is 0 Å². The zero-order valence-corrected chi connectivity index (χ0v) is 18.3. The van der Waals surface area contributed by atoms with Gasteiger partial charge in [-0.2, -0.15) is 0 Å². The second-order valence-corrected chi connectivity index (χ2v) is 7.97. The number of phenols is 1. The molecule has 4 nitrogen and oxygen atoms in total. The maximum atomic E-state index is 9.92. The van der Waals surface area contributed by atoms with Crippen LogP contribution in [0.3, 0.4) is 0 Å². The predicted octanol–water partition coefficient (Wildman–Crippen LogP) is 5.42. The second-order valence-electron chi connectivity index (χ2n) is 7.97. The molecule has 0 aliphatic carbocycles. The maximum Gasteiger partial charge on any atom is 0.126 e. The van der Waals surface area contributed by atoms with Crippen LogP contribution < -0.4 is 9.47 Å². The monoisotopic (exact) mass is 417 g/mol. The number of aromatic hydroxyl groups is 1. The molecule has 162 valence electrons. The van der Waals surface area contributed by atoms with Crippen molar-refractivity contribution in [3.63, 3.8) is 0 Å². The summed E-state index contributed by atoms with van der Waals surface area (Å²) in [5.41, 5.74) is 3.58. The smallest absolute Gasteiger partial charge is 0.126 e. The van der Waals surface area contributed by atoms with E-state index in [-0.39, 0.29) is 17.6 Å². The molecule has 2 atom stereocenters. The van der Waals surface area contributed by atoms with Gasteiger partial charge in [0, 0.05) is 30.0 Å². The van der Waals surface area contributed by atoms with Gasteiger partial charge in [-0.25, -0.2) is 0 Å². The maximum absolute atomic E-state index is 9.92. The summed E-state index contributed by atoms with van der Waals surface area (Å²) in [6.07, 6.45) is 0. The molecule has 0 fully saturated rings. The van der Waals surface area contributed by atoms with E-state index in [0.29, 0.717) is 13.2 Å². The Balaban J connectivity index is 1.59. The van der Waals surface area contributed by atoms with E-state index < -0.39 is 0 Å². The SMILES string of the molecule is CCN(CC)CCOc1ccc([C@@H]2c3ccc(O)cc3OC[C@@H]2c2ccccc2)cc1. The van der Waals surface area contributed by atoms with Gasteiger partial charge in [-0.05, 0) is 42.4 Å². The van der Waals surface area contributed by atoms with E-state index in [1.54, 1.807) is 12.1 Å². The van der Waals surface area contributed by atoms with Gasteiger partial charge in [-0.3, -0.25) is 0 Å². The molecule has 0 unspecified atom stereocenters. The van der Waals surface area contributed by atoms with Gasteiger partial charge in [0.15, 0.2) is 0 Å². The third-order valence-electron chi connectivity index (χ3n) is 6.19. The second kappa shape index (κ2) is 9.88. The minimum absolute atomic E-state index is 0.150. The molecule has 0 aromatic heterocycles. The van der Waals surface area contributed by atoms with Crippen molar-refractivity contribution in [2.45, 2.75) is 25.7 Å². The van der Waals surface area contributed by atoms with Crippen LogP contribution in [0, 0.1) is 0 Å². The van der Waals surface area contributed by atoms with Gasteiger partial charge < -0.3 is 19.5 Å². The molecule has 4 rings (SSSR count). The van der Waals surface area contributed by atoms with Crippen LogP contribution >= 0.6 is 0 Å². The number of benzene rings is 3. The summed E-state index contributed by atoms with van der Waals surface area (Å²) in [6.45, 7) is 8.62. The van der Waals surface area contributed by atoms with Gasteiger partial charge in [0.1, 0.15) is 23.9 Å². The number of nitrogens with zero attached hydrogens (tertiary/aromatic N) is 1. The van der Waals surface area contributed by atoms with E-state index in [0.717, 1.165) is 36.7 Å². The molecule has 0 bridgehead atoms. The normalized spacial score (nSPS) is 17.8. The zero-order chi connectivity index (χ0) is 21.6. The van der Waals surface area contributed by atoms with E-state index in [1.807, 2.05) is 12.1 Å².